The van der Waals surface area contributed by atoms with Gasteiger partial charge in [0.1, 0.15) is 22.8 Å². The van der Waals surface area contributed by atoms with Crippen LogP contribution in [0.25, 0.3) is 11.4 Å². The van der Waals surface area contributed by atoms with Gasteiger partial charge < -0.3 is 19.3 Å². The second-order valence-corrected chi connectivity index (χ2v) is 10.3. The molecule has 0 radical (unpaired) electrons. The third kappa shape index (κ3) is 4.79. The maximum Gasteiger partial charge on any atom is 0.350 e. The standard InChI is InChI=1S/C30H28N4O7S/c1-6-14-41-19-12-11-18(15-20(19)40-7-2)24-22(25(35)23-16(3)31-21-10-8-9-13-33(21)23)26(36)28(37)34(24)30-32-17(4)27(42-30)29(38)39-5/h6,8-13,15,24,35H,1,7,14H2,2-5H3. The molecular formula is C30H28N4O7S. The monoisotopic (exact) mass is 588 g/mol. The van der Waals surface area contributed by atoms with Gasteiger partial charge in [0.25, 0.3) is 5.78 Å². The number of rotatable bonds is 9. The van der Waals surface area contributed by atoms with E-state index in [2.05, 4.69) is 16.5 Å². The van der Waals surface area contributed by atoms with Crippen molar-refractivity contribution in [2.75, 3.05) is 25.2 Å². The highest BCUT2D eigenvalue weighted by Crippen LogP contribution is 2.46. The summed E-state index contributed by atoms with van der Waals surface area (Å²) in [7, 11) is 1.25. The number of thiazole rings is 1. The summed E-state index contributed by atoms with van der Waals surface area (Å²) in [5.41, 5.74) is 1.92. The van der Waals surface area contributed by atoms with Crippen molar-refractivity contribution in [3.05, 3.63) is 88.3 Å². The third-order valence-corrected chi connectivity index (χ3v) is 7.81. The molecule has 3 aromatic heterocycles. The van der Waals surface area contributed by atoms with Gasteiger partial charge in [0.2, 0.25) is 0 Å². The highest BCUT2D eigenvalue weighted by molar-refractivity contribution is 7.17. The molecule has 1 aromatic carbocycles. The molecule has 11 nitrogen and oxygen atoms in total. The van der Waals surface area contributed by atoms with E-state index in [4.69, 9.17) is 14.2 Å². The fourth-order valence-electron chi connectivity index (χ4n) is 4.87. The van der Waals surface area contributed by atoms with Gasteiger partial charge >= 0.3 is 11.9 Å². The molecule has 0 saturated carbocycles. The number of methoxy groups -OCH3 is 1. The summed E-state index contributed by atoms with van der Waals surface area (Å²) < 4.78 is 18.1. The Bertz CT molecular complexity index is 1770. The van der Waals surface area contributed by atoms with Gasteiger partial charge in [0.05, 0.1) is 36.7 Å². The minimum Gasteiger partial charge on any atom is -0.505 e. The average molecular weight is 589 g/mol. The summed E-state index contributed by atoms with van der Waals surface area (Å²) in [6, 6.07) is 9.22. The Morgan fingerprint density at radius 2 is 1.90 bits per heavy atom. The minimum absolute atomic E-state index is 0.0962. The smallest absolute Gasteiger partial charge is 0.350 e. The van der Waals surface area contributed by atoms with E-state index in [9.17, 15) is 19.5 Å². The maximum absolute atomic E-state index is 13.7. The number of anilines is 1. The fraction of sp³-hybridized carbons (Fsp3) is 0.233. The van der Waals surface area contributed by atoms with Crippen LogP contribution in [0, 0.1) is 13.8 Å². The number of ether oxygens (including phenoxy) is 3. The number of carbonyl (C=O) groups excluding carboxylic acids is 3. The molecule has 4 aromatic rings. The zero-order chi connectivity index (χ0) is 30.1. The number of ketones is 1. The van der Waals surface area contributed by atoms with Crippen LogP contribution < -0.4 is 14.4 Å². The number of hydrogen-bond donors (Lipinski definition) is 1. The Balaban J connectivity index is 1.77. The van der Waals surface area contributed by atoms with Crippen LogP contribution in [0.3, 0.4) is 0 Å². The van der Waals surface area contributed by atoms with Gasteiger partial charge in [-0.25, -0.2) is 14.8 Å². The summed E-state index contributed by atoms with van der Waals surface area (Å²) in [6.07, 6.45) is 3.31. The number of aliphatic hydroxyl groups excluding tert-OH is 1. The number of nitrogens with zero attached hydrogens (tertiary/aromatic N) is 4. The normalized spacial score (nSPS) is 16.2. The SMILES string of the molecule is C=CCOc1ccc(C2C(=C(O)c3c(C)nc4ccccn34)C(=O)C(=O)N2c2nc(C)c(C(=O)OC)s2)cc1OCC. The van der Waals surface area contributed by atoms with Crippen LogP contribution in [0.15, 0.2) is 60.8 Å². The lowest BCUT2D eigenvalue weighted by atomic mass is 9.96. The number of amides is 1. The number of hydrogen-bond acceptors (Lipinski definition) is 10. The number of Topliss-reactive ketones (excluding diaryl/α,β-unsaturated/α-hetero) is 1. The highest BCUT2D eigenvalue weighted by atomic mass is 32.1. The van der Waals surface area contributed by atoms with Crippen molar-refractivity contribution in [2.24, 2.45) is 0 Å². The molecule has 0 bridgehead atoms. The lowest BCUT2D eigenvalue weighted by Gasteiger charge is -2.24. The Labute approximate surface area is 245 Å². The van der Waals surface area contributed by atoms with Gasteiger partial charge in [-0.05, 0) is 50.6 Å². The Morgan fingerprint density at radius 3 is 2.62 bits per heavy atom. The van der Waals surface area contributed by atoms with E-state index in [-0.39, 0.29) is 27.9 Å². The molecule has 12 heteroatoms. The molecule has 5 rings (SSSR count). The van der Waals surface area contributed by atoms with E-state index in [1.807, 2.05) is 6.92 Å². The number of pyridine rings is 1. The Morgan fingerprint density at radius 1 is 1.12 bits per heavy atom. The fourth-order valence-corrected chi connectivity index (χ4v) is 5.88. The van der Waals surface area contributed by atoms with Crippen molar-refractivity contribution in [1.29, 1.82) is 0 Å². The summed E-state index contributed by atoms with van der Waals surface area (Å²) in [5.74, 6) is -2.04. The highest BCUT2D eigenvalue weighted by Gasteiger charge is 2.49. The maximum atomic E-state index is 13.7. The summed E-state index contributed by atoms with van der Waals surface area (Å²) in [6.45, 7) is 9.37. The molecule has 1 fully saturated rings. The van der Waals surface area contributed by atoms with E-state index in [1.54, 1.807) is 66.9 Å². The van der Waals surface area contributed by atoms with Crippen molar-refractivity contribution in [3.8, 4) is 11.5 Å². The molecule has 0 spiro atoms. The van der Waals surface area contributed by atoms with E-state index < -0.39 is 29.5 Å². The number of imidazole rings is 1. The van der Waals surface area contributed by atoms with Gasteiger partial charge in [-0.1, -0.05) is 36.1 Å². The Hall–Kier alpha value is -4.97. The largest absolute Gasteiger partial charge is 0.505 e. The minimum atomic E-state index is -1.12. The number of aliphatic hydroxyl groups is 1. The summed E-state index contributed by atoms with van der Waals surface area (Å²) in [4.78, 5) is 50.1. The van der Waals surface area contributed by atoms with Crippen LogP contribution in [0.2, 0.25) is 0 Å². The summed E-state index contributed by atoms with van der Waals surface area (Å²) >= 11 is 0.918. The van der Waals surface area contributed by atoms with Crippen molar-refractivity contribution in [1.82, 2.24) is 14.4 Å². The number of benzene rings is 1. The van der Waals surface area contributed by atoms with Gasteiger partial charge in [-0.15, -0.1) is 0 Å². The first-order valence-corrected chi connectivity index (χ1v) is 13.8. The van der Waals surface area contributed by atoms with Crippen LogP contribution in [-0.4, -0.2) is 57.5 Å². The van der Waals surface area contributed by atoms with Crippen molar-refractivity contribution < 1.29 is 33.7 Å². The van der Waals surface area contributed by atoms with Crippen molar-refractivity contribution in [3.63, 3.8) is 0 Å². The van der Waals surface area contributed by atoms with E-state index >= 15 is 0 Å². The van der Waals surface area contributed by atoms with Crippen LogP contribution >= 0.6 is 11.3 Å². The van der Waals surface area contributed by atoms with E-state index in [0.29, 0.717) is 40.7 Å². The van der Waals surface area contributed by atoms with Gasteiger partial charge in [-0.2, -0.15) is 0 Å². The van der Waals surface area contributed by atoms with Gasteiger partial charge in [0, 0.05) is 6.20 Å². The molecule has 216 valence electrons. The molecule has 4 heterocycles. The zero-order valence-electron chi connectivity index (χ0n) is 23.4. The molecule has 1 N–H and O–H groups in total. The van der Waals surface area contributed by atoms with Crippen LogP contribution in [0.1, 0.15) is 45.3 Å². The first-order chi connectivity index (χ1) is 20.2. The quantitative estimate of drug-likeness (QED) is 0.0964. The molecular weight excluding hydrogens is 560 g/mol. The molecule has 1 aliphatic rings. The topological polar surface area (TPSA) is 133 Å². The van der Waals surface area contributed by atoms with E-state index in [0.717, 1.165) is 11.3 Å². The van der Waals surface area contributed by atoms with Crippen LogP contribution in [-0.2, 0) is 14.3 Å². The third-order valence-electron chi connectivity index (χ3n) is 6.68. The molecule has 1 saturated heterocycles. The van der Waals surface area contributed by atoms with E-state index in [1.165, 1.54) is 12.0 Å². The van der Waals surface area contributed by atoms with Crippen molar-refractivity contribution in [2.45, 2.75) is 26.8 Å². The first-order valence-electron chi connectivity index (χ1n) is 13.0. The molecule has 1 aliphatic heterocycles. The molecule has 1 atom stereocenters. The van der Waals surface area contributed by atoms with Gasteiger partial charge in [0.15, 0.2) is 22.4 Å². The van der Waals surface area contributed by atoms with Crippen LogP contribution in [0.4, 0.5) is 5.13 Å². The van der Waals surface area contributed by atoms with Gasteiger partial charge in [-0.3, -0.25) is 18.9 Å². The number of aromatic nitrogens is 3. The lowest BCUT2D eigenvalue weighted by Crippen LogP contribution is -2.29. The molecule has 0 aliphatic carbocycles. The average Bonchev–Trinajstić information content (AvgIpc) is 3.61. The predicted octanol–water partition coefficient (Wildman–Crippen LogP) is 4.78. The number of carbonyl (C=O) groups is 3. The molecule has 1 unspecified atom stereocenters. The molecule has 1 amide bonds. The second kappa shape index (κ2) is 11.5. The van der Waals surface area contributed by atoms with Crippen molar-refractivity contribution >= 4 is 45.5 Å². The predicted molar refractivity (Wildman–Crippen MR) is 156 cm³/mol. The summed E-state index contributed by atoms with van der Waals surface area (Å²) in [5, 5.41) is 11.9. The molecule has 42 heavy (non-hydrogen) atoms. The lowest BCUT2D eigenvalue weighted by molar-refractivity contribution is -0.132. The Kier molecular flexibility index (Phi) is 7.81. The zero-order valence-corrected chi connectivity index (χ0v) is 24.2. The van der Waals surface area contributed by atoms with Crippen LogP contribution in [0.5, 0.6) is 11.5 Å². The second-order valence-electron chi connectivity index (χ2n) is 9.29. The number of fused-ring (bicyclic) bond motifs is 1. The first kappa shape index (κ1) is 28.6. The number of esters is 1. The number of aryl methyl sites for hydroxylation is 2.